The minimum Gasteiger partial charge on any atom is -0.480 e. The van der Waals surface area contributed by atoms with Crippen molar-refractivity contribution in [2.45, 2.75) is 39.3 Å². The van der Waals surface area contributed by atoms with E-state index in [-0.39, 0.29) is 5.69 Å². The lowest BCUT2D eigenvalue weighted by molar-refractivity contribution is -0.384. The zero-order chi connectivity index (χ0) is 15.8. The number of primary amides is 1. The summed E-state index contributed by atoms with van der Waals surface area (Å²) in [6.07, 6.45) is 0.648. The third-order valence-electron chi connectivity index (χ3n) is 2.95. The molecule has 0 spiro atoms. The number of nitrogens with two attached hydrogens (primary N) is 1. The number of hydrogen-bond acceptors (Lipinski definition) is 5. The van der Waals surface area contributed by atoms with Crippen LogP contribution in [0.4, 0.5) is 5.69 Å². The molecule has 116 valence electrons. The van der Waals surface area contributed by atoms with E-state index in [2.05, 4.69) is 5.32 Å². The summed E-state index contributed by atoms with van der Waals surface area (Å²) in [4.78, 5) is 21.6. The quantitative estimate of drug-likeness (QED) is 0.410. The summed E-state index contributed by atoms with van der Waals surface area (Å²) in [6, 6.07) is 4.31. The number of carbonyl (C=O) groups excluding carboxylic acids is 1. The molecule has 0 heterocycles. The summed E-state index contributed by atoms with van der Waals surface area (Å²) >= 11 is 0. The van der Waals surface area contributed by atoms with E-state index < -0.39 is 16.9 Å². The molecule has 0 saturated carbocycles. The summed E-state index contributed by atoms with van der Waals surface area (Å²) in [5.74, 6) is -0.113. The van der Waals surface area contributed by atoms with Crippen LogP contribution in [0.15, 0.2) is 18.2 Å². The lowest BCUT2D eigenvalue weighted by atomic mass is 10.1. The first-order valence-corrected chi connectivity index (χ1v) is 6.93. The first-order valence-electron chi connectivity index (χ1n) is 6.93. The van der Waals surface area contributed by atoms with Crippen LogP contribution in [0.3, 0.4) is 0 Å². The van der Waals surface area contributed by atoms with E-state index in [1.807, 2.05) is 6.92 Å². The van der Waals surface area contributed by atoms with Gasteiger partial charge in [-0.2, -0.15) is 0 Å². The van der Waals surface area contributed by atoms with Crippen molar-refractivity contribution < 1.29 is 14.5 Å². The molecule has 0 bridgehead atoms. The number of rotatable bonds is 9. The van der Waals surface area contributed by atoms with Crippen molar-refractivity contribution in [3.05, 3.63) is 33.9 Å². The molecule has 0 aliphatic carbocycles. The van der Waals surface area contributed by atoms with Crippen molar-refractivity contribution in [1.82, 2.24) is 5.32 Å². The van der Waals surface area contributed by atoms with Crippen LogP contribution in [0.5, 0.6) is 5.75 Å². The van der Waals surface area contributed by atoms with Crippen molar-refractivity contribution in [3.8, 4) is 5.75 Å². The van der Waals surface area contributed by atoms with Crippen LogP contribution < -0.4 is 15.8 Å². The van der Waals surface area contributed by atoms with E-state index in [9.17, 15) is 14.9 Å². The summed E-state index contributed by atoms with van der Waals surface area (Å²) < 4.78 is 5.58. The summed E-state index contributed by atoms with van der Waals surface area (Å²) in [6.45, 7) is 5.03. The van der Waals surface area contributed by atoms with Crippen molar-refractivity contribution >= 4 is 11.6 Å². The predicted octanol–water partition coefficient (Wildman–Crippen LogP) is 1.74. The maximum atomic E-state index is 11.3. The van der Waals surface area contributed by atoms with Crippen molar-refractivity contribution in [2.24, 2.45) is 5.73 Å². The predicted molar refractivity (Wildman–Crippen MR) is 79.0 cm³/mol. The Bertz CT molecular complexity index is 505. The van der Waals surface area contributed by atoms with Gasteiger partial charge in [0, 0.05) is 24.2 Å². The molecule has 1 atom stereocenters. The number of amides is 1. The van der Waals surface area contributed by atoms with E-state index in [4.69, 9.17) is 10.5 Å². The van der Waals surface area contributed by atoms with Crippen molar-refractivity contribution in [1.29, 1.82) is 0 Å². The molecule has 21 heavy (non-hydrogen) atoms. The molecule has 1 amide bonds. The Morgan fingerprint density at radius 3 is 2.71 bits per heavy atom. The lowest BCUT2D eigenvalue weighted by Gasteiger charge is -2.17. The third-order valence-corrected chi connectivity index (χ3v) is 2.95. The van der Waals surface area contributed by atoms with E-state index in [0.717, 1.165) is 13.0 Å². The number of hydrogen-bond donors (Lipinski definition) is 2. The van der Waals surface area contributed by atoms with Gasteiger partial charge in [0.05, 0.1) is 4.92 Å². The van der Waals surface area contributed by atoms with Crippen LogP contribution in [0.25, 0.3) is 0 Å². The normalized spacial score (nSPS) is 11.9. The van der Waals surface area contributed by atoms with Gasteiger partial charge in [-0.1, -0.05) is 13.8 Å². The van der Waals surface area contributed by atoms with Gasteiger partial charge in [0.25, 0.3) is 11.6 Å². The maximum Gasteiger partial charge on any atom is 0.270 e. The smallest absolute Gasteiger partial charge is 0.270 e. The fourth-order valence-electron chi connectivity index (χ4n) is 1.83. The second-order valence-corrected chi connectivity index (χ2v) is 4.64. The van der Waals surface area contributed by atoms with Gasteiger partial charge >= 0.3 is 0 Å². The first kappa shape index (κ1) is 16.9. The molecule has 1 aromatic rings. The van der Waals surface area contributed by atoms with Gasteiger partial charge in [-0.3, -0.25) is 14.9 Å². The lowest BCUT2D eigenvalue weighted by Crippen LogP contribution is -2.33. The van der Waals surface area contributed by atoms with Gasteiger partial charge in [0.2, 0.25) is 0 Å². The molecule has 1 rings (SSSR count). The Hall–Kier alpha value is -2.15. The molecule has 0 aromatic heterocycles. The number of ether oxygens (including phenoxy) is 1. The molecule has 0 saturated heterocycles. The molecule has 0 fully saturated rings. The van der Waals surface area contributed by atoms with Gasteiger partial charge in [-0.15, -0.1) is 0 Å². The SMILES string of the molecule is CCCNCc1cc([N+](=O)[O-])ccc1OC(CC)C(N)=O. The maximum absolute atomic E-state index is 11.3. The highest BCUT2D eigenvalue weighted by atomic mass is 16.6. The fraction of sp³-hybridized carbons (Fsp3) is 0.500. The average Bonchev–Trinajstić information content (AvgIpc) is 2.45. The first-order chi connectivity index (χ1) is 9.99. The van der Waals surface area contributed by atoms with Gasteiger partial charge < -0.3 is 15.8 Å². The minimum atomic E-state index is -0.739. The van der Waals surface area contributed by atoms with E-state index in [0.29, 0.717) is 24.3 Å². The standard InChI is InChI=1S/C14H21N3O4/c1-3-7-16-9-10-8-11(17(19)20)5-6-13(10)21-12(4-2)14(15)18/h5-6,8,12,16H,3-4,7,9H2,1-2H3,(H2,15,18). The molecule has 0 aliphatic rings. The van der Waals surface area contributed by atoms with Gasteiger partial charge in [-0.25, -0.2) is 0 Å². The van der Waals surface area contributed by atoms with Crippen molar-refractivity contribution in [3.63, 3.8) is 0 Å². The molecule has 0 radical (unpaired) electrons. The van der Waals surface area contributed by atoms with E-state index in [1.165, 1.54) is 18.2 Å². The highest BCUT2D eigenvalue weighted by molar-refractivity contribution is 5.79. The fourth-order valence-corrected chi connectivity index (χ4v) is 1.83. The number of nitro groups is 1. The van der Waals surface area contributed by atoms with E-state index in [1.54, 1.807) is 6.92 Å². The Morgan fingerprint density at radius 1 is 1.48 bits per heavy atom. The molecule has 1 aromatic carbocycles. The summed E-state index contributed by atoms with van der Waals surface area (Å²) in [5.41, 5.74) is 5.88. The minimum absolute atomic E-state index is 0.0113. The highest BCUT2D eigenvalue weighted by Gasteiger charge is 2.18. The Labute approximate surface area is 123 Å². The van der Waals surface area contributed by atoms with Gasteiger partial charge in [0.15, 0.2) is 6.10 Å². The Balaban J connectivity index is 2.99. The Morgan fingerprint density at radius 2 is 2.19 bits per heavy atom. The van der Waals surface area contributed by atoms with Crippen LogP contribution in [0.2, 0.25) is 0 Å². The monoisotopic (exact) mass is 295 g/mol. The van der Waals surface area contributed by atoms with Gasteiger partial charge in [0.1, 0.15) is 5.75 Å². The highest BCUT2D eigenvalue weighted by Crippen LogP contribution is 2.25. The van der Waals surface area contributed by atoms with Crippen LogP contribution in [0, 0.1) is 10.1 Å². The second kappa shape index (κ2) is 8.21. The van der Waals surface area contributed by atoms with Gasteiger partial charge in [-0.05, 0) is 25.5 Å². The van der Waals surface area contributed by atoms with Crippen LogP contribution >= 0.6 is 0 Å². The molecule has 3 N–H and O–H groups in total. The van der Waals surface area contributed by atoms with Crippen molar-refractivity contribution in [2.75, 3.05) is 6.54 Å². The average molecular weight is 295 g/mol. The van der Waals surface area contributed by atoms with Crippen LogP contribution in [-0.4, -0.2) is 23.5 Å². The van der Waals surface area contributed by atoms with Crippen LogP contribution in [0.1, 0.15) is 32.3 Å². The number of benzene rings is 1. The number of nitrogens with one attached hydrogen (secondary N) is 1. The van der Waals surface area contributed by atoms with E-state index >= 15 is 0 Å². The third kappa shape index (κ3) is 5.03. The largest absolute Gasteiger partial charge is 0.480 e. The number of carbonyl (C=O) groups is 1. The number of non-ortho nitro benzene ring substituents is 1. The second-order valence-electron chi connectivity index (χ2n) is 4.64. The Kier molecular flexibility index (Phi) is 6.61. The molecule has 1 unspecified atom stereocenters. The zero-order valence-electron chi connectivity index (χ0n) is 12.3. The molecular weight excluding hydrogens is 274 g/mol. The molecule has 7 heteroatoms. The summed E-state index contributed by atoms with van der Waals surface area (Å²) in [5, 5.41) is 14.0. The molecular formula is C14H21N3O4. The number of nitro benzene ring substituents is 1. The van der Waals surface area contributed by atoms with Crippen LogP contribution in [-0.2, 0) is 11.3 Å². The summed E-state index contributed by atoms with van der Waals surface area (Å²) in [7, 11) is 0. The zero-order valence-corrected chi connectivity index (χ0v) is 12.3. The molecule has 0 aliphatic heterocycles. The number of nitrogens with zero attached hydrogens (tertiary/aromatic N) is 1. The molecule has 7 nitrogen and oxygen atoms in total. The topological polar surface area (TPSA) is 107 Å².